The van der Waals surface area contributed by atoms with E-state index in [1.54, 1.807) is 6.07 Å². The highest BCUT2D eigenvalue weighted by molar-refractivity contribution is 5.93. The molecule has 1 aromatic rings. The minimum absolute atomic E-state index is 0.0124. The Morgan fingerprint density at radius 1 is 1.15 bits per heavy atom. The third kappa shape index (κ3) is 4.19. The van der Waals surface area contributed by atoms with Gasteiger partial charge in [-0.05, 0) is 38.2 Å². The standard InChI is InChI=1S/C20H28N2O5/c23-18(21-7-1-2-8-21)15-26-17-4-12-27-20(13-17)5-9-22(10-6-20)19(24)16-3-11-25-14-16/h3,11,14,17H,1-2,4-10,12-13,15H2. The molecule has 3 fully saturated rings. The van der Waals surface area contributed by atoms with Crippen LogP contribution in [0.25, 0.3) is 0 Å². The topological polar surface area (TPSA) is 72.2 Å². The molecule has 148 valence electrons. The number of hydrogen-bond donors (Lipinski definition) is 0. The third-order valence-electron chi connectivity index (χ3n) is 6.08. The molecule has 4 heterocycles. The van der Waals surface area contributed by atoms with Crippen LogP contribution in [-0.2, 0) is 14.3 Å². The van der Waals surface area contributed by atoms with E-state index in [2.05, 4.69) is 0 Å². The first kappa shape index (κ1) is 18.5. The van der Waals surface area contributed by atoms with Crippen molar-refractivity contribution in [1.82, 2.24) is 9.80 Å². The molecule has 1 unspecified atom stereocenters. The lowest BCUT2D eigenvalue weighted by Gasteiger charge is -2.46. The van der Waals surface area contributed by atoms with E-state index >= 15 is 0 Å². The molecule has 1 atom stereocenters. The molecule has 0 bridgehead atoms. The fraction of sp³-hybridized carbons (Fsp3) is 0.700. The summed E-state index contributed by atoms with van der Waals surface area (Å²) in [6.07, 6.45) is 8.49. The number of carbonyl (C=O) groups is 2. The fourth-order valence-electron chi connectivity index (χ4n) is 4.41. The molecule has 0 radical (unpaired) electrons. The number of piperidine rings is 1. The molecule has 7 nitrogen and oxygen atoms in total. The van der Waals surface area contributed by atoms with E-state index in [9.17, 15) is 9.59 Å². The number of amides is 2. The van der Waals surface area contributed by atoms with Crippen LogP contribution < -0.4 is 0 Å². The van der Waals surface area contributed by atoms with Gasteiger partial charge in [-0.25, -0.2) is 0 Å². The van der Waals surface area contributed by atoms with E-state index in [0.717, 1.165) is 51.6 Å². The summed E-state index contributed by atoms with van der Waals surface area (Å²) in [5, 5.41) is 0. The molecule has 1 aromatic heterocycles. The van der Waals surface area contributed by atoms with Gasteiger partial charge in [-0.1, -0.05) is 0 Å². The summed E-state index contributed by atoms with van der Waals surface area (Å²) >= 11 is 0. The molecular formula is C20H28N2O5. The highest BCUT2D eigenvalue weighted by Crippen LogP contribution is 2.36. The van der Waals surface area contributed by atoms with Crippen LogP contribution in [-0.4, -0.2) is 72.7 Å². The van der Waals surface area contributed by atoms with E-state index in [4.69, 9.17) is 13.9 Å². The molecule has 7 heteroatoms. The zero-order valence-corrected chi connectivity index (χ0v) is 15.7. The van der Waals surface area contributed by atoms with Gasteiger partial charge in [0, 0.05) is 39.2 Å². The summed E-state index contributed by atoms with van der Waals surface area (Å²) in [5.74, 6) is 0.118. The Hall–Kier alpha value is -1.86. The molecule has 0 aromatic carbocycles. The maximum Gasteiger partial charge on any atom is 0.257 e. The Morgan fingerprint density at radius 3 is 2.63 bits per heavy atom. The zero-order valence-electron chi connectivity index (χ0n) is 15.7. The molecule has 4 rings (SSSR count). The van der Waals surface area contributed by atoms with E-state index < -0.39 is 0 Å². The fourth-order valence-corrected chi connectivity index (χ4v) is 4.41. The quantitative estimate of drug-likeness (QED) is 0.804. The van der Waals surface area contributed by atoms with Crippen molar-refractivity contribution in [3.63, 3.8) is 0 Å². The maximum absolute atomic E-state index is 12.5. The van der Waals surface area contributed by atoms with Crippen LogP contribution in [0, 0.1) is 0 Å². The number of rotatable bonds is 4. The van der Waals surface area contributed by atoms with Gasteiger partial charge < -0.3 is 23.7 Å². The van der Waals surface area contributed by atoms with Crippen LogP contribution in [0.2, 0.25) is 0 Å². The van der Waals surface area contributed by atoms with Crippen molar-refractivity contribution < 1.29 is 23.5 Å². The third-order valence-corrected chi connectivity index (χ3v) is 6.08. The Kier molecular flexibility index (Phi) is 5.50. The number of furan rings is 1. The van der Waals surface area contributed by atoms with Crippen LogP contribution in [0.1, 0.15) is 48.9 Å². The van der Waals surface area contributed by atoms with E-state index in [1.165, 1.54) is 12.5 Å². The second-order valence-electron chi connectivity index (χ2n) is 7.85. The van der Waals surface area contributed by atoms with Gasteiger partial charge in [0.15, 0.2) is 0 Å². The van der Waals surface area contributed by atoms with Crippen molar-refractivity contribution >= 4 is 11.8 Å². The van der Waals surface area contributed by atoms with Crippen LogP contribution in [0.15, 0.2) is 23.0 Å². The summed E-state index contributed by atoms with van der Waals surface area (Å²) in [5.41, 5.74) is 0.365. The molecule has 3 saturated heterocycles. The second kappa shape index (κ2) is 8.02. The SMILES string of the molecule is O=C(COC1CCOC2(CCN(C(=O)c3ccoc3)CC2)C1)N1CCCC1. The van der Waals surface area contributed by atoms with Crippen LogP contribution in [0.3, 0.4) is 0 Å². The molecule has 0 aliphatic carbocycles. The van der Waals surface area contributed by atoms with Crippen molar-refractivity contribution in [2.45, 2.75) is 50.2 Å². The summed E-state index contributed by atoms with van der Waals surface area (Å²) in [6.45, 7) is 3.89. The maximum atomic E-state index is 12.5. The highest BCUT2D eigenvalue weighted by Gasteiger charge is 2.42. The first-order valence-electron chi connectivity index (χ1n) is 10.0. The van der Waals surface area contributed by atoms with Gasteiger partial charge in [-0.2, -0.15) is 0 Å². The molecule has 1 spiro atoms. The summed E-state index contributed by atoms with van der Waals surface area (Å²) in [4.78, 5) is 28.4. The number of likely N-dealkylation sites (tertiary alicyclic amines) is 2. The molecule has 2 amide bonds. The summed E-state index contributed by atoms with van der Waals surface area (Å²) < 4.78 is 17.1. The predicted molar refractivity (Wildman–Crippen MR) is 97.3 cm³/mol. The minimum atomic E-state index is -0.229. The lowest BCUT2D eigenvalue weighted by atomic mass is 9.83. The Balaban J connectivity index is 1.27. The smallest absolute Gasteiger partial charge is 0.257 e. The first-order chi connectivity index (χ1) is 13.2. The molecule has 3 aliphatic heterocycles. The van der Waals surface area contributed by atoms with E-state index in [-0.39, 0.29) is 30.1 Å². The van der Waals surface area contributed by atoms with Crippen molar-refractivity contribution in [3.8, 4) is 0 Å². The Morgan fingerprint density at radius 2 is 1.93 bits per heavy atom. The van der Waals surface area contributed by atoms with E-state index in [1.807, 2.05) is 9.80 Å². The highest BCUT2D eigenvalue weighted by atomic mass is 16.5. The predicted octanol–water partition coefficient (Wildman–Crippen LogP) is 2.07. The van der Waals surface area contributed by atoms with Crippen LogP contribution >= 0.6 is 0 Å². The van der Waals surface area contributed by atoms with Gasteiger partial charge in [0.2, 0.25) is 5.91 Å². The Bertz CT molecular complexity index is 645. The van der Waals surface area contributed by atoms with Crippen molar-refractivity contribution in [1.29, 1.82) is 0 Å². The number of carbonyl (C=O) groups excluding carboxylic acids is 2. The zero-order chi connectivity index (χ0) is 18.7. The molecule has 0 N–H and O–H groups in total. The molecule has 3 aliphatic rings. The largest absolute Gasteiger partial charge is 0.472 e. The molecular weight excluding hydrogens is 348 g/mol. The van der Waals surface area contributed by atoms with E-state index in [0.29, 0.717) is 25.3 Å². The average molecular weight is 376 g/mol. The molecule has 0 saturated carbocycles. The van der Waals surface area contributed by atoms with Crippen molar-refractivity contribution in [2.75, 3.05) is 39.4 Å². The summed E-state index contributed by atoms with van der Waals surface area (Å²) in [6, 6.07) is 1.70. The average Bonchev–Trinajstić information content (AvgIpc) is 3.40. The minimum Gasteiger partial charge on any atom is -0.472 e. The lowest BCUT2D eigenvalue weighted by Crippen LogP contribution is -2.52. The lowest BCUT2D eigenvalue weighted by molar-refractivity contribution is -0.161. The van der Waals surface area contributed by atoms with Gasteiger partial charge in [0.05, 0.1) is 23.5 Å². The van der Waals surface area contributed by atoms with Crippen LogP contribution in [0.4, 0.5) is 0 Å². The number of hydrogen-bond acceptors (Lipinski definition) is 5. The van der Waals surface area contributed by atoms with Gasteiger partial charge in [-0.3, -0.25) is 9.59 Å². The molecule has 27 heavy (non-hydrogen) atoms. The van der Waals surface area contributed by atoms with Gasteiger partial charge >= 0.3 is 0 Å². The van der Waals surface area contributed by atoms with Crippen molar-refractivity contribution in [3.05, 3.63) is 24.2 Å². The first-order valence-corrected chi connectivity index (χ1v) is 10.0. The van der Waals surface area contributed by atoms with Crippen molar-refractivity contribution in [2.24, 2.45) is 0 Å². The second-order valence-corrected chi connectivity index (χ2v) is 7.85. The summed E-state index contributed by atoms with van der Waals surface area (Å²) in [7, 11) is 0. The van der Waals surface area contributed by atoms with Gasteiger partial charge in [0.1, 0.15) is 12.9 Å². The van der Waals surface area contributed by atoms with Gasteiger partial charge in [-0.15, -0.1) is 0 Å². The normalized spacial score (nSPS) is 25.1. The van der Waals surface area contributed by atoms with Crippen LogP contribution in [0.5, 0.6) is 0 Å². The Labute approximate surface area is 159 Å². The number of nitrogens with zero attached hydrogens (tertiary/aromatic N) is 2. The number of ether oxygens (including phenoxy) is 2. The van der Waals surface area contributed by atoms with Gasteiger partial charge in [0.25, 0.3) is 5.91 Å². The monoisotopic (exact) mass is 376 g/mol.